The lowest BCUT2D eigenvalue weighted by molar-refractivity contribution is -0.137. The number of rotatable bonds is 4. The van der Waals surface area contributed by atoms with Crippen molar-refractivity contribution in [3.63, 3.8) is 0 Å². The maximum absolute atomic E-state index is 11.9. The van der Waals surface area contributed by atoms with Crippen molar-refractivity contribution in [2.75, 3.05) is 5.32 Å². The molecule has 2 aromatic rings. The van der Waals surface area contributed by atoms with E-state index in [2.05, 4.69) is 10.4 Å². The lowest BCUT2D eigenvalue weighted by atomic mass is 10.3. The molecule has 1 aromatic carbocycles. The first-order chi connectivity index (χ1) is 8.66. The second-order valence-corrected chi connectivity index (χ2v) is 3.59. The van der Waals surface area contributed by atoms with Gasteiger partial charge in [0.1, 0.15) is 12.2 Å². The molecule has 18 heavy (non-hydrogen) atoms. The summed E-state index contributed by atoms with van der Waals surface area (Å²) in [6.07, 6.45) is 1.39. The van der Waals surface area contributed by atoms with Gasteiger partial charge in [0.2, 0.25) is 0 Å². The van der Waals surface area contributed by atoms with Gasteiger partial charge in [-0.2, -0.15) is 5.10 Å². The standard InChI is InChI=1S/C12H11N3O3/c16-11(17)8-15-10(6-7-13-15)12(18)14-9-4-2-1-3-5-9/h1-7H,8H2,(H,14,18)(H,16,17). The van der Waals surface area contributed by atoms with Crippen LogP contribution in [0.3, 0.4) is 0 Å². The van der Waals surface area contributed by atoms with E-state index in [1.165, 1.54) is 12.3 Å². The Morgan fingerprint density at radius 1 is 1.22 bits per heavy atom. The zero-order chi connectivity index (χ0) is 13.0. The van der Waals surface area contributed by atoms with Crippen molar-refractivity contribution in [2.45, 2.75) is 6.54 Å². The molecule has 0 fully saturated rings. The third-order valence-corrected chi connectivity index (χ3v) is 2.27. The number of carboxylic acids is 1. The van der Waals surface area contributed by atoms with Crippen LogP contribution >= 0.6 is 0 Å². The van der Waals surface area contributed by atoms with Crippen molar-refractivity contribution in [1.82, 2.24) is 9.78 Å². The molecule has 1 aromatic heterocycles. The first-order valence-electron chi connectivity index (χ1n) is 5.27. The van der Waals surface area contributed by atoms with Crippen molar-refractivity contribution < 1.29 is 14.7 Å². The maximum Gasteiger partial charge on any atom is 0.325 e. The molecule has 0 aliphatic rings. The average molecular weight is 245 g/mol. The van der Waals surface area contributed by atoms with Gasteiger partial charge in [0.25, 0.3) is 5.91 Å². The Bertz CT molecular complexity index is 563. The highest BCUT2D eigenvalue weighted by atomic mass is 16.4. The molecule has 0 unspecified atom stereocenters. The number of hydrogen-bond donors (Lipinski definition) is 2. The zero-order valence-corrected chi connectivity index (χ0v) is 9.41. The fourth-order valence-electron chi connectivity index (χ4n) is 1.50. The van der Waals surface area contributed by atoms with Gasteiger partial charge < -0.3 is 10.4 Å². The molecule has 6 heteroatoms. The Morgan fingerprint density at radius 2 is 1.94 bits per heavy atom. The van der Waals surface area contributed by atoms with Gasteiger partial charge >= 0.3 is 5.97 Å². The minimum Gasteiger partial charge on any atom is -0.480 e. The summed E-state index contributed by atoms with van der Waals surface area (Å²) in [6, 6.07) is 10.4. The molecule has 0 bridgehead atoms. The Balaban J connectivity index is 2.14. The molecule has 2 N–H and O–H groups in total. The number of carbonyl (C=O) groups is 2. The van der Waals surface area contributed by atoms with E-state index in [9.17, 15) is 9.59 Å². The van der Waals surface area contributed by atoms with Crippen LogP contribution in [-0.2, 0) is 11.3 Å². The monoisotopic (exact) mass is 245 g/mol. The van der Waals surface area contributed by atoms with Gasteiger partial charge in [0, 0.05) is 11.9 Å². The SMILES string of the molecule is O=C(O)Cn1nccc1C(=O)Nc1ccccc1. The van der Waals surface area contributed by atoms with E-state index in [-0.39, 0.29) is 18.1 Å². The molecular weight excluding hydrogens is 234 g/mol. The largest absolute Gasteiger partial charge is 0.480 e. The fourth-order valence-corrected chi connectivity index (χ4v) is 1.50. The van der Waals surface area contributed by atoms with Crippen molar-refractivity contribution >= 4 is 17.6 Å². The smallest absolute Gasteiger partial charge is 0.325 e. The summed E-state index contributed by atoms with van der Waals surface area (Å²) in [5, 5.41) is 15.1. The van der Waals surface area contributed by atoms with Gasteiger partial charge in [-0.15, -0.1) is 0 Å². The number of carboxylic acid groups (broad SMARTS) is 1. The van der Waals surface area contributed by atoms with Gasteiger partial charge in [0.15, 0.2) is 0 Å². The quantitative estimate of drug-likeness (QED) is 0.848. The Labute approximate surface area is 103 Å². The Morgan fingerprint density at radius 3 is 2.61 bits per heavy atom. The predicted octanol–water partition coefficient (Wildman–Crippen LogP) is 1.22. The van der Waals surface area contributed by atoms with E-state index in [0.29, 0.717) is 5.69 Å². The van der Waals surface area contributed by atoms with Gasteiger partial charge in [-0.1, -0.05) is 18.2 Å². The third-order valence-electron chi connectivity index (χ3n) is 2.27. The minimum absolute atomic E-state index is 0.209. The number of nitrogens with one attached hydrogen (secondary N) is 1. The van der Waals surface area contributed by atoms with Crippen molar-refractivity contribution in [2.24, 2.45) is 0 Å². The van der Waals surface area contributed by atoms with E-state index in [4.69, 9.17) is 5.11 Å². The van der Waals surface area contributed by atoms with E-state index in [1.807, 2.05) is 6.07 Å². The van der Waals surface area contributed by atoms with Crippen LogP contribution in [0, 0.1) is 0 Å². The molecule has 0 atom stereocenters. The molecule has 0 radical (unpaired) electrons. The minimum atomic E-state index is -1.05. The highest BCUT2D eigenvalue weighted by Gasteiger charge is 2.13. The van der Waals surface area contributed by atoms with E-state index < -0.39 is 5.97 Å². The third kappa shape index (κ3) is 2.73. The maximum atomic E-state index is 11.9. The topological polar surface area (TPSA) is 84.2 Å². The lowest BCUT2D eigenvalue weighted by Crippen LogP contribution is -2.20. The van der Waals surface area contributed by atoms with Crippen molar-refractivity contribution in [3.8, 4) is 0 Å². The molecule has 0 aliphatic heterocycles. The number of carbonyl (C=O) groups excluding carboxylic acids is 1. The van der Waals surface area contributed by atoms with Crippen LogP contribution in [0.4, 0.5) is 5.69 Å². The van der Waals surface area contributed by atoms with E-state index in [0.717, 1.165) is 4.68 Å². The highest BCUT2D eigenvalue weighted by molar-refractivity contribution is 6.03. The molecule has 1 heterocycles. The molecule has 92 valence electrons. The molecular formula is C12H11N3O3. The normalized spacial score (nSPS) is 10.0. The number of hydrogen-bond acceptors (Lipinski definition) is 3. The van der Waals surface area contributed by atoms with E-state index >= 15 is 0 Å². The summed E-state index contributed by atoms with van der Waals surface area (Å²) >= 11 is 0. The number of amides is 1. The van der Waals surface area contributed by atoms with Crippen LogP contribution in [0.1, 0.15) is 10.5 Å². The number of nitrogens with zero attached hydrogens (tertiary/aromatic N) is 2. The van der Waals surface area contributed by atoms with Gasteiger partial charge in [-0.25, -0.2) is 4.68 Å². The van der Waals surface area contributed by atoms with Crippen LogP contribution in [0.25, 0.3) is 0 Å². The van der Waals surface area contributed by atoms with Crippen LogP contribution in [-0.4, -0.2) is 26.8 Å². The number of aliphatic carboxylic acids is 1. The van der Waals surface area contributed by atoms with Crippen LogP contribution in [0.15, 0.2) is 42.6 Å². The fraction of sp³-hybridized carbons (Fsp3) is 0.0833. The molecule has 0 spiro atoms. The first kappa shape index (κ1) is 11.8. The summed E-state index contributed by atoms with van der Waals surface area (Å²) in [6.45, 7) is -0.343. The molecule has 0 saturated carbocycles. The van der Waals surface area contributed by atoms with Crippen LogP contribution in [0.2, 0.25) is 0 Å². The number of benzene rings is 1. The van der Waals surface area contributed by atoms with Crippen LogP contribution < -0.4 is 5.32 Å². The second kappa shape index (κ2) is 5.13. The molecule has 0 aliphatic carbocycles. The predicted molar refractivity (Wildman–Crippen MR) is 64.3 cm³/mol. The van der Waals surface area contributed by atoms with Crippen molar-refractivity contribution in [1.29, 1.82) is 0 Å². The van der Waals surface area contributed by atoms with Gasteiger partial charge in [0.05, 0.1) is 0 Å². The Hall–Kier alpha value is -2.63. The first-order valence-corrected chi connectivity index (χ1v) is 5.27. The summed E-state index contributed by atoms with van der Waals surface area (Å²) in [4.78, 5) is 22.5. The number of anilines is 1. The molecule has 2 rings (SSSR count). The number of para-hydroxylation sites is 1. The lowest BCUT2D eigenvalue weighted by Gasteiger charge is -2.06. The van der Waals surface area contributed by atoms with Gasteiger partial charge in [-0.05, 0) is 18.2 Å². The summed E-state index contributed by atoms with van der Waals surface area (Å²) in [5.74, 6) is -1.44. The molecule has 1 amide bonds. The van der Waals surface area contributed by atoms with Crippen LogP contribution in [0.5, 0.6) is 0 Å². The van der Waals surface area contributed by atoms with Gasteiger partial charge in [-0.3, -0.25) is 9.59 Å². The molecule has 6 nitrogen and oxygen atoms in total. The summed E-state index contributed by atoms with van der Waals surface area (Å²) in [5.41, 5.74) is 0.854. The Kier molecular flexibility index (Phi) is 3.38. The van der Waals surface area contributed by atoms with E-state index in [1.54, 1.807) is 24.3 Å². The zero-order valence-electron chi connectivity index (χ0n) is 9.41. The summed E-state index contributed by atoms with van der Waals surface area (Å²) in [7, 11) is 0. The second-order valence-electron chi connectivity index (χ2n) is 3.59. The number of aromatic nitrogens is 2. The molecule has 0 saturated heterocycles. The van der Waals surface area contributed by atoms with Crippen molar-refractivity contribution in [3.05, 3.63) is 48.3 Å². The highest BCUT2D eigenvalue weighted by Crippen LogP contribution is 2.08. The summed E-state index contributed by atoms with van der Waals surface area (Å²) < 4.78 is 1.14. The average Bonchev–Trinajstić information content (AvgIpc) is 2.77.